The normalized spacial score (nSPS) is 13.1. The molecule has 1 aromatic heterocycles. The summed E-state index contributed by atoms with van der Waals surface area (Å²) in [6, 6.07) is 8.52. The van der Waals surface area contributed by atoms with Crippen LogP contribution in [0.2, 0.25) is 0 Å². The lowest BCUT2D eigenvalue weighted by atomic mass is 9.99. The van der Waals surface area contributed by atoms with E-state index in [4.69, 9.17) is 0 Å². The standard InChI is InChI=1S/C18H21N3O3/c1-4-11(2)15(18(23)24)21-17(22)14-10-19-16(20-12(14)3)13-8-6-5-7-9-13/h5-11,15H,4H2,1-3H3,(H,21,22)(H,23,24). The predicted molar refractivity (Wildman–Crippen MR) is 90.6 cm³/mol. The first-order valence-electron chi connectivity index (χ1n) is 7.86. The number of nitrogens with one attached hydrogen (secondary N) is 1. The van der Waals surface area contributed by atoms with E-state index in [9.17, 15) is 14.7 Å². The maximum atomic E-state index is 12.4. The molecule has 1 heterocycles. The highest BCUT2D eigenvalue weighted by atomic mass is 16.4. The Labute approximate surface area is 141 Å². The van der Waals surface area contributed by atoms with Gasteiger partial charge in [0.05, 0.1) is 11.3 Å². The fourth-order valence-electron chi connectivity index (χ4n) is 2.32. The van der Waals surface area contributed by atoms with Gasteiger partial charge in [-0.1, -0.05) is 50.6 Å². The van der Waals surface area contributed by atoms with E-state index in [0.29, 0.717) is 17.9 Å². The second kappa shape index (κ2) is 7.68. The molecule has 126 valence electrons. The third-order valence-corrected chi connectivity index (χ3v) is 4.02. The van der Waals surface area contributed by atoms with Crippen LogP contribution in [0.3, 0.4) is 0 Å². The molecule has 0 radical (unpaired) electrons. The molecular weight excluding hydrogens is 306 g/mol. The number of carboxylic acid groups (broad SMARTS) is 1. The molecule has 0 bridgehead atoms. The van der Waals surface area contributed by atoms with Crippen molar-refractivity contribution in [3.63, 3.8) is 0 Å². The molecule has 2 atom stereocenters. The Morgan fingerprint density at radius 3 is 2.46 bits per heavy atom. The van der Waals surface area contributed by atoms with Crippen molar-refractivity contribution < 1.29 is 14.7 Å². The van der Waals surface area contributed by atoms with Gasteiger partial charge in [0.1, 0.15) is 6.04 Å². The predicted octanol–water partition coefficient (Wildman–Crippen LogP) is 2.68. The molecule has 0 saturated carbocycles. The number of aromatic nitrogens is 2. The second-order valence-electron chi connectivity index (χ2n) is 5.73. The van der Waals surface area contributed by atoms with Crippen LogP contribution in [0.25, 0.3) is 11.4 Å². The molecule has 24 heavy (non-hydrogen) atoms. The summed E-state index contributed by atoms with van der Waals surface area (Å²) in [7, 11) is 0. The number of amides is 1. The van der Waals surface area contributed by atoms with Crippen molar-refractivity contribution in [2.75, 3.05) is 0 Å². The number of hydrogen-bond acceptors (Lipinski definition) is 4. The van der Waals surface area contributed by atoms with E-state index in [1.807, 2.05) is 37.3 Å². The van der Waals surface area contributed by atoms with Crippen LogP contribution in [0.4, 0.5) is 0 Å². The van der Waals surface area contributed by atoms with Crippen LogP contribution < -0.4 is 5.32 Å². The molecule has 2 rings (SSSR count). The van der Waals surface area contributed by atoms with Crippen LogP contribution in [0.1, 0.15) is 36.3 Å². The summed E-state index contributed by atoms with van der Waals surface area (Å²) in [5, 5.41) is 11.9. The fourth-order valence-corrected chi connectivity index (χ4v) is 2.32. The summed E-state index contributed by atoms with van der Waals surface area (Å²) in [4.78, 5) is 32.3. The molecule has 2 N–H and O–H groups in total. The van der Waals surface area contributed by atoms with Gasteiger partial charge >= 0.3 is 5.97 Å². The minimum Gasteiger partial charge on any atom is -0.480 e. The van der Waals surface area contributed by atoms with Crippen molar-refractivity contribution in [3.8, 4) is 11.4 Å². The Morgan fingerprint density at radius 1 is 1.25 bits per heavy atom. The van der Waals surface area contributed by atoms with Gasteiger partial charge in [0.25, 0.3) is 5.91 Å². The highest BCUT2D eigenvalue weighted by molar-refractivity contribution is 5.97. The maximum Gasteiger partial charge on any atom is 0.326 e. The first-order valence-corrected chi connectivity index (χ1v) is 7.86. The van der Waals surface area contributed by atoms with E-state index in [1.165, 1.54) is 6.20 Å². The minimum absolute atomic E-state index is 0.170. The molecule has 0 fully saturated rings. The molecule has 6 nitrogen and oxygen atoms in total. The van der Waals surface area contributed by atoms with Gasteiger partial charge in [-0.2, -0.15) is 0 Å². The van der Waals surface area contributed by atoms with Crippen molar-refractivity contribution in [2.24, 2.45) is 5.92 Å². The van der Waals surface area contributed by atoms with E-state index in [0.717, 1.165) is 5.56 Å². The number of hydrogen-bond donors (Lipinski definition) is 2. The van der Waals surface area contributed by atoms with Gasteiger partial charge in [-0.15, -0.1) is 0 Å². The van der Waals surface area contributed by atoms with Gasteiger partial charge in [0, 0.05) is 11.8 Å². The number of benzene rings is 1. The molecule has 2 aromatic rings. The van der Waals surface area contributed by atoms with Crippen LogP contribution in [-0.2, 0) is 4.79 Å². The number of aryl methyl sites for hydroxylation is 1. The molecule has 1 amide bonds. The fraction of sp³-hybridized carbons (Fsp3) is 0.333. The number of carbonyl (C=O) groups is 2. The van der Waals surface area contributed by atoms with Crippen molar-refractivity contribution in [1.82, 2.24) is 15.3 Å². The lowest BCUT2D eigenvalue weighted by molar-refractivity contribution is -0.140. The van der Waals surface area contributed by atoms with Gasteiger partial charge < -0.3 is 10.4 Å². The number of carboxylic acids is 1. The maximum absolute atomic E-state index is 12.4. The first-order chi connectivity index (χ1) is 11.4. The van der Waals surface area contributed by atoms with Gasteiger partial charge in [0.15, 0.2) is 5.82 Å². The van der Waals surface area contributed by atoms with E-state index in [2.05, 4.69) is 15.3 Å². The number of aliphatic carboxylic acids is 1. The topological polar surface area (TPSA) is 92.2 Å². The zero-order chi connectivity index (χ0) is 17.7. The zero-order valence-electron chi connectivity index (χ0n) is 14.0. The first kappa shape index (κ1) is 17.6. The van der Waals surface area contributed by atoms with Gasteiger partial charge in [-0.25, -0.2) is 14.8 Å². The lowest BCUT2D eigenvalue weighted by Crippen LogP contribution is -2.45. The molecule has 0 spiro atoms. The molecule has 0 aliphatic rings. The van der Waals surface area contributed by atoms with E-state index in [1.54, 1.807) is 13.8 Å². The Kier molecular flexibility index (Phi) is 5.63. The van der Waals surface area contributed by atoms with Crippen LogP contribution >= 0.6 is 0 Å². The van der Waals surface area contributed by atoms with Crippen molar-refractivity contribution in [2.45, 2.75) is 33.2 Å². The second-order valence-corrected chi connectivity index (χ2v) is 5.73. The monoisotopic (exact) mass is 327 g/mol. The third-order valence-electron chi connectivity index (χ3n) is 4.02. The highest BCUT2D eigenvalue weighted by Gasteiger charge is 2.26. The molecule has 0 aliphatic heterocycles. The smallest absolute Gasteiger partial charge is 0.326 e. The van der Waals surface area contributed by atoms with Crippen molar-refractivity contribution in [1.29, 1.82) is 0 Å². The van der Waals surface area contributed by atoms with E-state index >= 15 is 0 Å². The number of nitrogens with zero attached hydrogens (tertiary/aromatic N) is 2. The molecule has 2 unspecified atom stereocenters. The van der Waals surface area contributed by atoms with Crippen LogP contribution in [0.5, 0.6) is 0 Å². The number of carbonyl (C=O) groups excluding carboxylic acids is 1. The Morgan fingerprint density at radius 2 is 1.92 bits per heavy atom. The van der Waals surface area contributed by atoms with Gasteiger partial charge in [-0.3, -0.25) is 4.79 Å². The SMILES string of the molecule is CCC(C)C(NC(=O)c1cnc(-c2ccccc2)nc1C)C(=O)O. The summed E-state index contributed by atoms with van der Waals surface area (Å²) >= 11 is 0. The summed E-state index contributed by atoms with van der Waals surface area (Å²) in [5.41, 5.74) is 1.65. The quantitative estimate of drug-likeness (QED) is 0.851. The van der Waals surface area contributed by atoms with Gasteiger partial charge in [-0.05, 0) is 12.8 Å². The Balaban J connectivity index is 2.23. The average Bonchev–Trinajstić information content (AvgIpc) is 2.59. The van der Waals surface area contributed by atoms with Crippen LogP contribution in [0.15, 0.2) is 36.5 Å². The zero-order valence-corrected chi connectivity index (χ0v) is 14.0. The summed E-state index contributed by atoms with van der Waals surface area (Å²) in [5.74, 6) is -1.16. The molecule has 0 saturated heterocycles. The summed E-state index contributed by atoms with van der Waals surface area (Å²) < 4.78 is 0. The van der Waals surface area contributed by atoms with Crippen molar-refractivity contribution in [3.05, 3.63) is 47.8 Å². The highest BCUT2D eigenvalue weighted by Crippen LogP contribution is 2.16. The Hall–Kier alpha value is -2.76. The largest absolute Gasteiger partial charge is 0.480 e. The molecular formula is C18H21N3O3. The lowest BCUT2D eigenvalue weighted by Gasteiger charge is -2.20. The summed E-state index contributed by atoms with van der Waals surface area (Å²) in [6.45, 7) is 5.39. The van der Waals surface area contributed by atoms with E-state index < -0.39 is 17.9 Å². The van der Waals surface area contributed by atoms with E-state index in [-0.39, 0.29) is 11.5 Å². The summed E-state index contributed by atoms with van der Waals surface area (Å²) in [6.07, 6.45) is 2.09. The minimum atomic E-state index is -1.04. The van der Waals surface area contributed by atoms with Crippen molar-refractivity contribution >= 4 is 11.9 Å². The molecule has 1 aromatic carbocycles. The van der Waals surface area contributed by atoms with Crippen LogP contribution in [-0.4, -0.2) is 33.0 Å². The Bertz CT molecular complexity index is 732. The van der Waals surface area contributed by atoms with Crippen LogP contribution in [0, 0.1) is 12.8 Å². The third kappa shape index (κ3) is 3.95. The van der Waals surface area contributed by atoms with Gasteiger partial charge in [0.2, 0.25) is 0 Å². The average molecular weight is 327 g/mol. The number of rotatable bonds is 6. The molecule has 6 heteroatoms. The molecule has 0 aliphatic carbocycles.